The van der Waals surface area contributed by atoms with E-state index in [-0.39, 0.29) is 27.2 Å². The van der Waals surface area contributed by atoms with Gasteiger partial charge < -0.3 is 9.84 Å². The van der Waals surface area contributed by atoms with Gasteiger partial charge in [0.05, 0.1) is 9.40 Å². The minimum absolute atomic E-state index is 0.0709. The topological polar surface area (TPSA) is 89.7 Å². The number of hydrogen-bond acceptors (Lipinski definition) is 4. The molecule has 21 heavy (non-hydrogen) atoms. The Bertz CT molecular complexity index is 734. The van der Waals surface area contributed by atoms with E-state index in [0.29, 0.717) is 0 Å². The number of non-ortho nitro benzene ring substituents is 1. The Morgan fingerprint density at radius 1 is 1.24 bits per heavy atom. The third kappa shape index (κ3) is 3.34. The van der Waals surface area contributed by atoms with Crippen LogP contribution in [0.25, 0.3) is 0 Å². The summed E-state index contributed by atoms with van der Waals surface area (Å²) >= 11 is 3.10. The van der Waals surface area contributed by atoms with Crippen LogP contribution in [0.1, 0.15) is 10.4 Å². The van der Waals surface area contributed by atoms with Gasteiger partial charge in [0.1, 0.15) is 22.9 Å². The molecule has 0 aliphatic rings. The SMILES string of the molecule is O=C(O)c1cc(F)ccc1Oc1ccc([N+](=O)[O-])cc1Br. The highest BCUT2D eigenvalue weighted by molar-refractivity contribution is 9.10. The third-order valence-electron chi connectivity index (χ3n) is 2.52. The van der Waals surface area contributed by atoms with Crippen molar-refractivity contribution in [1.29, 1.82) is 0 Å². The number of nitrogens with zero attached hydrogens (tertiary/aromatic N) is 1. The molecule has 0 unspecified atom stereocenters. The van der Waals surface area contributed by atoms with Crippen molar-refractivity contribution in [3.8, 4) is 11.5 Å². The predicted octanol–water partition coefficient (Wildman–Crippen LogP) is 3.99. The molecule has 0 bridgehead atoms. The predicted molar refractivity (Wildman–Crippen MR) is 74.2 cm³/mol. The number of hydrogen-bond donors (Lipinski definition) is 1. The normalized spacial score (nSPS) is 10.2. The maximum atomic E-state index is 13.1. The Morgan fingerprint density at radius 2 is 1.90 bits per heavy atom. The monoisotopic (exact) mass is 355 g/mol. The van der Waals surface area contributed by atoms with Crippen LogP contribution in [0.5, 0.6) is 11.5 Å². The molecule has 0 heterocycles. The zero-order valence-corrected chi connectivity index (χ0v) is 11.8. The van der Waals surface area contributed by atoms with E-state index in [1.807, 2.05) is 0 Å². The van der Waals surface area contributed by atoms with Crippen LogP contribution < -0.4 is 4.74 Å². The van der Waals surface area contributed by atoms with E-state index in [2.05, 4.69) is 15.9 Å². The van der Waals surface area contributed by atoms with Crippen molar-refractivity contribution in [2.24, 2.45) is 0 Å². The van der Waals surface area contributed by atoms with Crippen molar-refractivity contribution in [2.45, 2.75) is 0 Å². The molecule has 0 amide bonds. The highest BCUT2D eigenvalue weighted by atomic mass is 79.9. The third-order valence-corrected chi connectivity index (χ3v) is 3.14. The van der Waals surface area contributed by atoms with Gasteiger partial charge in [-0.2, -0.15) is 0 Å². The molecule has 2 aromatic rings. The summed E-state index contributed by atoms with van der Waals surface area (Å²) in [6.07, 6.45) is 0. The van der Waals surface area contributed by atoms with Crippen molar-refractivity contribution >= 4 is 27.6 Å². The van der Waals surface area contributed by atoms with Gasteiger partial charge in [0.15, 0.2) is 0 Å². The Kier molecular flexibility index (Phi) is 4.18. The van der Waals surface area contributed by atoms with Crippen LogP contribution in [0.15, 0.2) is 40.9 Å². The van der Waals surface area contributed by atoms with Gasteiger partial charge in [-0.1, -0.05) is 0 Å². The van der Waals surface area contributed by atoms with Gasteiger partial charge in [0.25, 0.3) is 5.69 Å². The lowest BCUT2D eigenvalue weighted by Crippen LogP contribution is -2.01. The Morgan fingerprint density at radius 3 is 2.48 bits per heavy atom. The summed E-state index contributed by atoms with van der Waals surface area (Å²) in [4.78, 5) is 21.1. The molecule has 2 rings (SSSR count). The molecule has 0 aliphatic heterocycles. The summed E-state index contributed by atoms with van der Waals surface area (Å²) in [6, 6.07) is 6.81. The van der Waals surface area contributed by atoms with E-state index in [9.17, 15) is 19.3 Å². The smallest absolute Gasteiger partial charge is 0.339 e. The van der Waals surface area contributed by atoms with Crippen molar-refractivity contribution in [2.75, 3.05) is 0 Å². The molecule has 0 saturated carbocycles. The highest BCUT2D eigenvalue weighted by Gasteiger charge is 2.16. The van der Waals surface area contributed by atoms with Crippen LogP contribution in [0.3, 0.4) is 0 Å². The number of rotatable bonds is 4. The average Bonchev–Trinajstić information content (AvgIpc) is 2.42. The Hall–Kier alpha value is -2.48. The average molecular weight is 356 g/mol. The Labute approximate surface area is 126 Å². The lowest BCUT2D eigenvalue weighted by molar-refractivity contribution is -0.384. The summed E-state index contributed by atoms with van der Waals surface area (Å²) < 4.78 is 18.7. The second-order valence-corrected chi connectivity index (χ2v) is 4.77. The molecular formula is C13H7BrFNO5. The highest BCUT2D eigenvalue weighted by Crippen LogP contribution is 2.34. The second kappa shape index (κ2) is 5.88. The van der Waals surface area contributed by atoms with Crippen LogP contribution in [0.2, 0.25) is 0 Å². The van der Waals surface area contributed by atoms with Gasteiger partial charge in [-0.05, 0) is 40.2 Å². The molecule has 8 heteroatoms. The number of nitro groups is 1. The van der Waals surface area contributed by atoms with E-state index >= 15 is 0 Å². The number of ether oxygens (including phenoxy) is 1. The zero-order chi connectivity index (χ0) is 15.6. The molecule has 108 valence electrons. The van der Waals surface area contributed by atoms with Gasteiger partial charge in [0, 0.05) is 12.1 Å². The first-order valence-corrected chi connectivity index (χ1v) is 6.32. The van der Waals surface area contributed by atoms with Crippen LogP contribution in [0, 0.1) is 15.9 Å². The Balaban J connectivity index is 2.39. The standard InChI is InChI=1S/C13H7BrFNO5/c14-10-6-8(16(19)20)2-4-12(10)21-11-3-1-7(15)5-9(11)13(17)18/h1-6H,(H,17,18). The number of benzene rings is 2. The fourth-order valence-electron chi connectivity index (χ4n) is 1.56. The number of carbonyl (C=O) groups is 1. The van der Waals surface area contributed by atoms with E-state index < -0.39 is 16.7 Å². The zero-order valence-electron chi connectivity index (χ0n) is 10.2. The van der Waals surface area contributed by atoms with Crippen molar-refractivity contribution in [3.05, 3.63) is 62.4 Å². The maximum absolute atomic E-state index is 13.1. The summed E-state index contributed by atoms with van der Waals surface area (Å²) in [5.41, 5.74) is -0.493. The van der Waals surface area contributed by atoms with E-state index in [4.69, 9.17) is 9.84 Å². The van der Waals surface area contributed by atoms with Crippen LogP contribution in [-0.4, -0.2) is 16.0 Å². The molecule has 1 N–H and O–H groups in total. The molecule has 2 aromatic carbocycles. The first-order chi connectivity index (χ1) is 9.88. The molecule has 6 nitrogen and oxygen atoms in total. The quantitative estimate of drug-likeness (QED) is 0.661. The summed E-state index contributed by atoms with van der Waals surface area (Å²) in [5, 5.41) is 19.6. The number of carboxylic acids is 1. The largest absolute Gasteiger partial charge is 0.478 e. The fourth-order valence-corrected chi connectivity index (χ4v) is 2.01. The van der Waals surface area contributed by atoms with Crippen LogP contribution in [0.4, 0.5) is 10.1 Å². The number of nitro benzene ring substituents is 1. The lowest BCUT2D eigenvalue weighted by atomic mass is 10.2. The maximum Gasteiger partial charge on any atom is 0.339 e. The van der Waals surface area contributed by atoms with Gasteiger partial charge in [-0.15, -0.1) is 0 Å². The van der Waals surface area contributed by atoms with Crippen molar-refractivity contribution in [1.82, 2.24) is 0 Å². The molecule has 0 spiro atoms. The van der Waals surface area contributed by atoms with Crippen LogP contribution in [-0.2, 0) is 0 Å². The second-order valence-electron chi connectivity index (χ2n) is 3.92. The fraction of sp³-hybridized carbons (Fsp3) is 0. The lowest BCUT2D eigenvalue weighted by Gasteiger charge is -2.10. The molecule has 0 aromatic heterocycles. The van der Waals surface area contributed by atoms with Crippen molar-refractivity contribution < 1.29 is 24.0 Å². The van der Waals surface area contributed by atoms with Gasteiger partial charge in [-0.25, -0.2) is 9.18 Å². The van der Waals surface area contributed by atoms with E-state index in [1.54, 1.807) is 0 Å². The van der Waals surface area contributed by atoms with E-state index in [1.165, 1.54) is 24.3 Å². The molecule has 0 radical (unpaired) electrons. The molecule has 0 aliphatic carbocycles. The minimum Gasteiger partial charge on any atom is -0.478 e. The summed E-state index contributed by atoms with van der Waals surface area (Å²) in [6.45, 7) is 0. The molecule has 0 saturated heterocycles. The first-order valence-electron chi connectivity index (χ1n) is 5.53. The number of carboxylic acid groups (broad SMARTS) is 1. The van der Waals surface area contributed by atoms with Crippen LogP contribution >= 0.6 is 15.9 Å². The van der Waals surface area contributed by atoms with Gasteiger partial charge in [-0.3, -0.25) is 10.1 Å². The van der Waals surface area contributed by atoms with Crippen molar-refractivity contribution in [3.63, 3.8) is 0 Å². The number of aromatic carboxylic acids is 1. The first kappa shape index (κ1) is 14.9. The number of halogens is 2. The molecule has 0 atom stereocenters. The van der Waals surface area contributed by atoms with Gasteiger partial charge >= 0.3 is 5.97 Å². The van der Waals surface area contributed by atoms with Gasteiger partial charge in [0.2, 0.25) is 0 Å². The summed E-state index contributed by atoms with van der Waals surface area (Å²) in [5.74, 6) is -1.95. The van der Waals surface area contributed by atoms with E-state index in [0.717, 1.165) is 12.1 Å². The molecule has 0 fully saturated rings. The minimum atomic E-state index is -1.34. The molecular weight excluding hydrogens is 349 g/mol. The summed E-state index contributed by atoms with van der Waals surface area (Å²) in [7, 11) is 0.